The van der Waals surface area contributed by atoms with Crippen molar-refractivity contribution in [2.45, 2.75) is 25.8 Å². The van der Waals surface area contributed by atoms with Crippen molar-refractivity contribution in [2.24, 2.45) is 5.92 Å². The van der Waals surface area contributed by atoms with E-state index >= 15 is 0 Å². The zero-order valence-corrected chi connectivity index (χ0v) is 12.9. The number of carbonyl (C=O) groups excluding carboxylic acids is 1. The summed E-state index contributed by atoms with van der Waals surface area (Å²) in [7, 11) is 0. The van der Waals surface area contributed by atoms with Crippen molar-refractivity contribution in [3.05, 3.63) is 42.0 Å². The Balaban J connectivity index is 1.72. The molecule has 0 unspecified atom stereocenters. The molecule has 0 heterocycles. The van der Waals surface area contributed by atoms with Crippen LogP contribution in [0.25, 0.3) is 0 Å². The van der Waals surface area contributed by atoms with Crippen molar-refractivity contribution in [1.82, 2.24) is 10.6 Å². The molecular formula is C17H24N2O3. The number of amides is 2. The van der Waals surface area contributed by atoms with E-state index in [0.29, 0.717) is 13.2 Å². The summed E-state index contributed by atoms with van der Waals surface area (Å²) in [6, 6.07) is 7.69. The third-order valence-electron chi connectivity index (χ3n) is 3.68. The van der Waals surface area contributed by atoms with Gasteiger partial charge in [0.25, 0.3) is 0 Å². The molecule has 0 bridgehead atoms. The Morgan fingerprint density at radius 3 is 2.91 bits per heavy atom. The maximum atomic E-state index is 11.8. The number of rotatable bonds is 7. The number of aliphatic hydroxyl groups excluding tert-OH is 1. The minimum absolute atomic E-state index is 0.00728. The standard InChI is InChI=1S/C17H24N2O3/c1-2-22-16-6-4-3-5-14(16)9-10-18-17(21)19-15-8-7-13(11-15)12-20/h3-8,13,15,20H,2,9-12H2,1H3,(H2,18,19,21)/t13-,15+/m0/s1. The zero-order chi connectivity index (χ0) is 15.8. The molecule has 2 amide bonds. The van der Waals surface area contributed by atoms with Gasteiger partial charge in [-0.3, -0.25) is 0 Å². The van der Waals surface area contributed by atoms with Gasteiger partial charge in [-0.25, -0.2) is 4.79 Å². The first-order chi connectivity index (χ1) is 10.7. The number of ether oxygens (including phenoxy) is 1. The fraction of sp³-hybridized carbons (Fsp3) is 0.471. The first-order valence-corrected chi connectivity index (χ1v) is 7.77. The first-order valence-electron chi connectivity index (χ1n) is 7.77. The highest BCUT2D eigenvalue weighted by molar-refractivity contribution is 5.74. The smallest absolute Gasteiger partial charge is 0.315 e. The van der Waals surface area contributed by atoms with Gasteiger partial charge in [-0.05, 0) is 31.4 Å². The highest BCUT2D eigenvalue weighted by Gasteiger charge is 2.19. The van der Waals surface area contributed by atoms with E-state index in [1.165, 1.54) is 0 Å². The van der Waals surface area contributed by atoms with Crippen LogP contribution in [0.4, 0.5) is 4.79 Å². The molecule has 1 aromatic rings. The lowest BCUT2D eigenvalue weighted by Crippen LogP contribution is -2.41. The van der Waals surface area contributed by atoms with Crippen LogP contribution in [0, 0.1) is 5.92 Å². The van der Waals surface area contributed by atoms with Crippen molar-refractivity contribution in [3.63, 3.8) is 0 Å². The number of aliphatic hydroxyl groups is 1. The molecule has 1 aliphatic rings. The van der Waals surface area contributed by atoms with Gasteiger partial charge in [-0.2, -0.15) is 0 Å². The number of carbonyl (C=O) groups is 1. The van der Waals surface area contributed by atoms with Crippen molar-refractivity contribution in [2.75, 3.05) is 19.8 Å². The van der Waals surface area contributed by atoms with Gasteiger partial charge in [-0.1, -0.05) is 30.4 Å². The van der Waals surface area contributed by atoms with E-state index in [1.807, 2.05) is 43.3 Å². The number of hydrogen-bond acceptors (Lipinski definition) is 3. The van der Waals surface area contributed by atoms with Crippen LogP contribution >= 0.6 is 0 Å². The van der Waals surface area contributed by atoms with Crippen molar-refractivity contribution in [3.8, 4) is 5.75 Å². The van der Waals surface area contributed by atoms with E-state index < -0.39 is 0 Å². The Bertz CT molecular complexity index is 516. The van der Waals surface area contributed by atoms with Crippen LogP contribution in [0.3, 0.4) is 0 Å². The number of benzene rings is 1. The van der Waals surface area contributed by atoms with E-state index in [9.17, 15) is 4.79 Å². The fourth-order valence-electron chi connectivity index (χ4n) is 2.55. The highest BCUT2D eigenvalue weighted by atomic mass is 16.5. The van der Waals surface area contributed by atoms with Gasteiger partial charge in [0.15, 0.2) is 0 Å². The molecule has 0 fully saturated rings. The van der Waals surface area contributed by atoms with E-state index in [1.54, 1.807) is 0 Å². The summed E-state index contributed by atoms with van der Waals surface area (Å²) in [6.45, 7) is 3.27. The summed E-state index contributed by atoms with van der Waals surface area (Å²) in [4.78, 5) is 11.8. The molecule has 2 atom stereocenters. The molecule has 0 aliphatic heterocycles. The summed E-state index contributed by atoms with van der Waals surface area (Å²) in [5, 5.41) is 14.8. The summed E-state index contributed by atoms with van der Waals surface area (Å²) in [6.07, 6.45) is 5.37. The number of hydrogen-bond donors (Lipinski definition) is 3. The molecule has 0 saturated carbocycles. The lowest BCUT2D eigenvalue weighted by molar-refractivity contribution is 0.231. The van der Waals surface area contributed by atoms with Gasteiger partial charge in [0.1, 0.15) is 5.75 Å². The van der Waals surface area contributed by atoms with Gasteiger partial charge in [0.05, 0.1) is 6.61 Å². The summed E-state index contributed by atoms with van der Waals surface area (Å²) in [5.41, 5.74) is 1.09. The van der Waals surface area contributed by atoms with Gasteiger partial charge in [0, 0.05) is 25.1 Å². The van der Waals surface area contributed by atoms with E-state index in [4.69, 9.17) is 9.84 Å². The molecular weight excluding hydrogens is 280 g/mol. The molecule has 2 rings (SSSR count). The maximum Gasteiger partial charge on any atom is 0.315 e. The van der Waals surface area contributed by atoms with Crippen molar-refractivity contribution < 1.29 is 14.6 Å². The fourth-order valence-corrected chi connectivity index (χ4v) is 2.55. The minimum atomic E-state index is -0.179. The Morgan fingerprint density at radius 1 is 1.36 bits per heavy atom. The predicted octanol–water partition coefficient (Wildman–Crippen LogP) is 1.86. The first kappa shape index (κ1) is 16.4. The second-order valence-corrected chi connectivity index (χ2v) is 5.36. The molecule has 120 valence electrons. The van der Waals surface area contributed by atoms with Crippen LogP contribution < -0.4 is 15.4 Å². The monoisotopic (exact) mass is 304 g/mol. The quantitative estimate of drug-likeness (QED) is 0.673. The van der Waals surface area contributed by atoms with Crippen LogP contribution in [0.5, 0.6) is 5.75 Å². The topological polar surface area (TPSA) is 70.6 Å². The van der Waals surface area contributed by atoms with Crippen molar-refractivity contribution in [1.29, 1.82) is 0 Å². The van der Waals surface area contributed by atoms with Crippen LogP contribution in [-0.2, 0) is 6.42 Å². The summed E-state index contributed by atoms with van der Waals surface area (Å²) >= 11 is 0. The van der Waals surface area contributed by atoms with Gasteiger partial charge in [-0.15, -0.1) is 0 Å². The summed E-state index contributed by atoms with van der Waals surface area (Å²) < 4.78 is 5.57. The molecule has 1 aliphatic carbocycles. The molecule has 0 spiro atoms. The number of para-hydroxylation sites is 1. The largest absolute Gasteiger partial charge is 0.494 e. The summed E-state index contributed by atoms with van der Waals surface area (Å²) in [5.74, 6) is 1.03. The molecule has 0 saturated heterocycles. The van der Waals surface area contributed by atoms with E-state index in [-0.39, 0.29) is 24.6 Å². The van der Waals surface area contributed by atoms with Gasteiger partial charge >= 0.3 is 6.03 Å². The Morgan fingerprint density at radius 2 is 2.18 bits per heavy atom. The third-order valence-corrected chi connectivity index (χ3v) is 3.68. The lowest BCUT2D eigenvalue weighted by Gasteiger charge is -2.14. The zero-order valence-electron chi connectivity index (χ0n) is 12.9. The van der Waals surface area contributed by atoms with Crippen LogP contribution in [0.1, 0.15) is 18.9 Å². The van der Waals surface area contributed by atoms with Gasteiger partial charge < -0.3 is 20.5 Å². The average Bonchev–Trinajstić information content (AvgIpc) is 2.97. The van der Waals surface area contributed by atoms with Crippen LogP contribution in [0.2, 0.25) is 0 Å². The molecule has 22 heavy (non-hydrogen) atoms. The van der Waals surface area contributed by atoms with E-state index in [0.717, 1.165) is 24.2 Å². The Hall–Kier alpha value is -2.01. The normalized spacial score (nSPS) is 19.9. The minimum Gasteiger partial charge on any atom is -0.494 e. The van der Waals surface area contributed by atoms with E-state index in [2.05, 4.69) is 10.6 Å². The highest BCUT2D eigenvalue weighted by Crippen LogP contribution is 2.18. The third kappa shape index (κ3) is 4.77. The molecule has 5 heteroatoms. The average molecular weight is 304 g/mol. The predicted molar refractivity (Wildman–Crippen MR) is 86.0 cm³/mol. The number of nitrogens with one attached hydrogen (secondary N) is 2. The maximum absolute atomic E-state index is 11.8. The lowest BCUT2D eigenvalue weighted by atomic mass is 10.1. The molecule has 5 nitrogen and oxygen atoms in total. The van der Waals surface area contributed by atoms with Crippen LogP contribution in [0.15, 0.2) is 36.4 Å². The molecule has 0 aromatic heterocycles. The number of urea groups is 1. The molecule has 3 N–H and O–H groups in total. The Kier molecular flexibility index (Phi) is 6.27. The second kappa shape index (κ2) is 8.44. The molecule has 0 radical (unpaired) electrons. The van der Waals surface area contributed by atoms with Gasteiger partial charge in [0.2, 0.25) is 0 Å². The van der Waals surface area contributed by atoms with Crippen molar-refractivity contribution >= 4 is 6.03 Å². The second-order valence-electron chi connectivity index (χ2n) is 5.36. The van der Waals surface area contributed by atoms with Crippen LogP contribution in [-0.4, -0.2) is 36.9 Å². The molecule has 1 aromatic carbocycles. The SMILES string of the molecule is CCOc1ccccc1CCNC(=O)N[C@@H]1C=C[C@H](CO)C1. The Labute approximate surface area is 131 Å².